The monoisotopic (exact) mass is 141 g/mol. The highest BCUT2D eigenvalue weighted by atomic mass is 32.2. The third-order valence-corrected chi connectivity index (χ3v) is 1.59. The number of carbonyl (C=O) groups is 1. The number of rotatable bonds is 1. The molecule has 48 valence electrons. The molecule has 3 heteroatoms. The molecule has 0 bridgehead atoms. The number of nitrogens with one attached hydrogen (secondary N) is 1. The Bertz CT molecular complexity index is 183. The molecular weight excluding hydrogens is 134 g/mol. The lowest BCUT2D eigenvalue weighted by Crippen LogP contribution is -2.11. The minimum Gasteiger partial charge on any atom is -0.323 e. The molecule has 0 radical (unpaired) electrons. The molecule has 0 unspecified atom stereocenters. The molecule has 0 atom stereocenters. The van der Waals surface area contributed by atoms with Gasteiger partial charge in [-0.25, -0.2) is 0 Å². The SMILES string of the molecule is CC(=O)C1=CC=CSN1. The van der Waals surface area contributed by atoms with Gasteiger partial charge in [0.15, 0.2) is 5.78 Å². The van der Waals surface area contributed by atoms with E-state index in [0.29, 0.717) is 5.70 Å². The van der Waals surface area contributed by atoms with Crippen molar-refractivity contribution in [3.05, 3.63) is 23.3 Å². The van der Waals surface area contributed by atoms with Crippen molar-refractivity contribution in [3.63, 3.8) is 0 Å². The average Bonchev–Trinajstić information content (AvgIpc) is 1.90. The Morgan fingerprint density at radius 2 is 2.56 bits per heavy atom. The fourth-order valence-electron chi connectivity index (χ4n) is 0.496. The van der Waals surface area contributed by atoms with Gasteiger partial charge in [0.2, 0.25) is 0 Å². The van der Waals surface area contributed by atoms with E-state index >= 15 is 0 Å². The molecule has 0 aromatic heterocycles. The fourth-order valence-corrected chi connectivity index (χ4v) is 1.06. The van der Waals surface area contributed by atoms with E-state index in [-0.39, 0.29) is 5.78 Å². The first-order chi connectivity index (χ1) is 4.30. The molecule has 0 saturated heterocycles. The van der Waals surface area contributed by atoms with Gasteiger partial charge in [0.25, 0.3) is 0 Å². The summed E-state index contributed by atoms with van der Waals surface area (Å²) >= 11 is 1.41. The Morgan fingerprint density at radius 1 is 1.78 bits per heavy atom. The summed E-state index contributed by atoms with van der Waals surface area (Å²) in [6.07, 6.45) is 3.61. The molecule has 1 aliphatic rings. The van der Waals surface area contributed by atoms with Gasteiger partial charge in [0.1, 0.15) is 0 Å². The number of carbonyl (C=O) groups excluding carboxylic acids is 1. The standard InChI is InChI=1S/C6H7NOS/c1-5(8)6-3-2-4-9-7-6/h2-4,7H,1H3. The second kappa shape index (κ2) is 2.73. The van der Waals surface area contributed by atoms with Gasteiger partial charge in [-0.3, -0.25) is 4.79 Å². The molecule has 9 heavy (non-hydrogen) atoms. The van der Waals surface area contributed by atoms with E-state index in [0.717, 1.165) is 0 Å². The molecule has 1 heterocycles. The van der Waals surface area contributed by atoms with Crippen LogP contribution in [-0.4, -0.2) is 5.78 Å². The summed E-state index contributed by atoms with van der Waals surface area (Å²) in [5.74, 6) is 0.0758. The van der Waals surface area contributed by atoms with Gasteiger partial charge in [-0.15, -0.1) is 0 Å². The first-order valence-electron chi connectivity index (χ1n) is 2.60. The van der Waals surface area contributed by atoms with E-state index in [1.54, 1.807) is 13.0 Å². The summed E-state index contributed by atoms with van der Waals surface area (Å²) in [6, 6.07) is 0. The van der Waals surface area contributed by atoms with Gasteiger partial charge in [0.05, 0.1) is 5.70 Å². The maximum atomic E-state index is 10.6. The normalized spacial score (nSPS) is 16.3. The van der Waals surface area contributed by atoms with Crippen LogP contribution in [0.1, 0.15) is 6.92 Å². The lowest BCUT2D eigenvalue weighted by Gasteiger charge is -2.05. The van der Waals surface area contributed by atoms with E-state index in [4.69, 9.17) is 0 Å². The molecular formula is C6H7NOS. The van der Waals surface area contributed by atoms with Crippen LogP contribution < -0.4 is 4.72 Å². The van der Waals surface area contributed by atoms with Gasteiger partial charge < -0.3 is 4.72 Å². The van der Waals surface area contributed by atoms with Gasteiger partial charge in [0, 0.05) is 6.92 Å². The first-order valence-corrected chi connectivity index (χ1v) is 3.48. The van der Waals surface area contributed by atoms with Crippen LogP contribution in [0.25, 0.3) is 0 Å². The Morgan fingerprint density at radius 3 is 2.89 bits per heavy atom. The van der Waals surface area contributed by atoms with Crippen LogP contribution in [0, 0.1) is 0 Å². The quantitative estimate of drug-likeness (QED) is 0.557. The number of ketones is 1. The van der Waals surface area contributed by atoms with E-state index in [9.17, 15) is 4.79 Å². The predicted molar refractivity (Wildman–Crippen MR) is 38.6 cm³/mol. The Hall–Kier alpha value is -0.700. The number of allylic oxidation sites excluding steroid dienone is 3. The summed E-state index contributed by atoms with van der Waals surface area (Å²) in [7, 11) is 0. The molecule has 0 aromatic carbocycles. The molecule has 0 spiro atoms. The summed E-state index contributed by atoms with van der Waals surface area (Å²) in [6.45, 7) is 1.54. The molecule has 2 nitrogen and oxygen atoms in total. The van der Waals surface area contributed by atoms with Gasteiger partial charge in [-0.2, -0.15) is 0 Å². The van der Waals surface area contributed by atoms with Crippen molar-refractivity contribution in [3.8, 4) is 0 Å². The lowest BCUT2D eigenvalue weighted by atomic mass is 10.3. The maximum absolute atomic E-state index is 10.6. The highest BCUT2D eigenvalue weighted by Crippen LogP contribution is 2.07. The van der Waals surface area contributed by atoms with Gasteiger partial charge in [-0.05, 0) is 23.4 Å². The number of hydrogen-bond acceptors (Lipinski definition) is 3. The molecule has 0 saturated carbocycles. The average molecular weight is 141 g/mol. The van der Waals surface area contributed by atoms with Crippen molar-refractivity contribution in [2.75, 3.05) is 0 Å². The minimum absolute atomic E-state index is 0.0758. The van der Waals surface area contributed by atoms with Crippen molar-refractivity contribution in [2.24, 2.45) is 0 Å². The Kier molecular flexibility index (Phi) is 1.95. The molecule has 0 amide bonds. The second-order valence-electron chi connectivity index (χ2n) is 1.68. The van der Waals surface area contributed by atoms with E-state index in [2.05, 4.69) is 4.72 Å². The minimum atomic E-state index is 0.0758. The zero-order valence-corrected chi connectivity index (χ0v) is 5.87. The highest BCUT2D eigenvalue weighted by Gasteiger charge is 2.01. The van der Waals surface area contributed by atoms with Crippen molar-refractivity contribution in [2.45, 2.75) is 6.92 Å². The topological polar surface area (TPSA) is 29.1 Å². The van der Waals surface area contributed by atoms with Crippen LogP contribution in [0.5, 0.6) is 0 Å². The zero-order valence-electron chi connectivity index (χ0n) is 5.05. The Labute approximate surface area is 58.1 Å². The van der Waals surface area contributed by atoms with Crippen LogP contribution in [-0.2, 0) is 4.79 Å². The molecule has 1 N–H and O–H groups in total. The smallest absolute Gasteiger partial charge is 0.176 e. The second-order valence-corrected chi connectivity index (χ2v) is 2.40. The van der Waals surface area contributed by atoms with Crippen LogP contribution >= 0.6 is 11.9 Å². The van der Waals surface area contributed by atoms with Crippen molar-refractivity contribution in [1.29, 1.82) is 0 Å². The van der Waals surface area contributed by atoms with E-state index in [1.807, 2.05) is 11.5 Å². The summed E-state index contributed by atoms with van der Waals surface area (Å²) in [5, 5.41) is 1.88. The van der Waals surface area contributed by atoms with Gasteiger partial charge in [-0.1, -0.05) is 6.08 Å². The van der Waals surface area contributed by atoms with Gasteiger partial charge >= 0.3 is 0 Å². The maximum Gasteiger partial charge on any atom is 0.176 e. The molecule has 0 fully saturated rings. The summed E-state index contributed by atoms with van der Waals surface area (Å²) in [5.41, 5.74) is 0.669. The molecule has 1 aliphatic heterocycles. The van der Waals surface area contributed by atoms with E-state index in [1.165, 1.54) is 11.9 Å². The van der Waals surface area contributed by atoms with Crippen molar-refractivity contribution in [1.82, 2.24) is 4.72 Å². The molecule has 0 aliphatic carbocycles. The summed E-state index contributed by atoms with van der Waals surface area (Å²) < 4.78 is 2.86. The summed E-state index contributed by atoms with van der Waals surface area (Å²) in [4.78, 5) is 10.6. The molecule has 0 aromatic rings. The Balaban J connectivity index is 2.68. The lowest BCUT2D eigenvalue weighted by molar-refractivity contribution is -0.113. The van der Waals surface area contributed by atoms with Crippen LogP contribution in [0.3, 0.4) is 0 Å². The molecule has 1 rings (SSSR count). The van der Waals surface area contributed by atoms with Crippen molar-refractivity contribution < 1.29 is 4.79 Å². The van der Waals surface area contributed by atoms with E-state index < -0.39 is 0 Å². The zero-order chi connectivity index (χ0) is 6.69. The predicted octanol–water partition coefficient (Wildman–Crippen LogP) is 1.22. The first kappa shape index (κ1) is 6.42. The van der Waals surface area contributed by atoms with Crippen molar-refractivity contribution >= 4 is 17.7 Å². The van der Waals surface area contributed by atoms with Crippen LogP contribution in [0.4, 0.5) is 0 Å². The van der Waals surface area contributed by atoms with Crippen LogP contribution in [0.2, 0.25) is 0 Å². The highest BCUT2D eigenvalue weighted by molar-refractivity contribution is 8.00. The number of Topliss-reactive ketones (excluding diaryl/α,β-unsaturated/α-hetero) is 1. The fraction of sp³-hybridized carbons (Fsp3) is 0.167. The number of hydrogen-bond donors (Lipinski definition) is 1. The largest absolute Gasteiger partial charge is 0.323 e. The third kappa shape index (κ3) is 1.61. The third-order valence-electron chi connectivity index (χ3n) is 0.958. The van der Waals surface area contributed by atoms with Crippen LogP contribution in [0.15, 0.2) is 23.3 Å².